The van der Waals surface area contributed by atoms with Crippen LogP contribution in [0.4, 0.5) is 13.2 Å². The maximum absolute atomic E-state index is 12.7. The summed E-state index contributed by atoms with van der Waals surface area (Å²) in [5.41, 5.74) is -0.675. The van der Waals surface area contributed by atoms with E-state index in [9.17, 15) is 22.8 Å². The number of ether oxygens (including phenoxy) is 2. The van der Waals surface area contributed by atoms with Crippen LogP contribution in [0.1, 0.15) is 26.3 Å². The number of amides is 1. The first kappa shape index (κ1) is 22.8. The van der Waals surface area contributed by atoms with Crippen LogP contribution in [-0.2, 0) is 14.3 Å². The summed E-state index contributed by atoms with van der Waals surface area (Å²) >= 11 is 5.95. The number of hydrogen-bond acceptors (Lipinski definition) is 4. The van der Waals surface area contributed by atoms with Crippen molar-refractivity contribution in [3.05, 3.63) is 34.4 Å². The second-order valence-electron chi connectivity index (χ2n) is 6.72. The molecule has 0 aliphatic rings. The summed E-state index contributed by atoms with van der Waals surface area (Å²) in [6.07, 6.45) is -3.76. The van der Waals surface area contributed by atoms with Crippen LogP contribution < -0.4 is 4.74 Å². The van der Waals surface area contributed by atoms with Gasteiger partial charge in [-0.1, -0.05) is 11.6 Å². The molecule has 150 valence electrons. The van der Waals surface area contributed by atoms with Gasteiger partial charge in [0.1, 0.15) is 11.4 Å². The van der Waals surface area contributed by atoms with Crippen molar-refractivity contribution < 1.29 is 32.2 Å². The number of benzene rings is 1. The Morgan fingerprint density at radius 3 is 2.30 bits per heavy atom. The van der Waals surface area contributed by atoms with Gasteiger partial charge in [-0.15, -0.1) is 0 Å². The Bertz CT molecular complexity index is 739. The molecule has 0 radical (unpaired) electrons. The summed E-state index contributed by atoms with van der Waals surface area (Å²) in [7, 11) is 2.34. The molecule has 0 atom stereocenters. The second-order valence-corrected chi connectivity index (χ2v) is 7.15. The number of hydrogen-bond donors (Lipinski definition) is 0. The summed E-state index contributed by atoms with van der Waals surface area (Å²) in [6.45, 7) is 4.25. The molecular weight excluding hydrogens is 387 g/mol. The molecule has 0 fully saturated rings. The monoisotopic (exact) mass is 407 g/mol. The van der Waals surface area contributed by atoms with Gasteiger partial charge in [-0.05, 0) is 45.0 Å². The van der Waals surface area contributed by atoms with Crippen LogP contribution in [0.2, 0.25) is 5.02 Å². The Morgan fingerprint density at radius 1 is 1.22 bits per heavy atom. The van der Waals surface area contributed by atoms with Gasteiger partial charge in [0.25, 0.3) is 0 Å². The van der Waals surface area contributed by atoms with Crippen molar-refractivity contribution in [1.29, 1.82) is 0 Å². The number of rotatable bonds is 5. The van der Waals surface area contributed by atoms with Crippen molar-refractivity contribution in [2.45, 2.75) is 32.5 Å². The number of halogens is 4. The summed E-state index contributed by atoms with van der Waals surface area (Å²) in [5.74, 6) is -2.58. The molecule has 1 rings (SSSR count). The van der Waals surface area contributed by atoms with Gasteiger partial charge in [0.05, 0.1) is 19.2 Å². The van der Waals surface area contributed by atoms with Crippen LogP contribution >= 0.6 is 11.6 Å². The van der Waals surface area contributed by atoms with E-state index in [-0.39, 0.29) is 5.57 Å². The van der Waals surface area contributed by atoms with Gasteiger partial charge in [-0.2, -0.15) is 13.2 Å². The summed E-state index contributed by atoms with van der Waals surface area (Å²) < 4.78 is 48.4. The molecule has 0 saturated heterocycles. The number of methoxy groups -OCH3 is 1. The van der Waals surface area contributed by atoms with Crippen molar-refractivity contribution in [2.24, 2.45) is 0 Å². The minimum absolute atomic E-state index is 0.161. The Labute approximate surface area is 160 Å². The zero-order valence-corrected chi connectivity index (χ0v) is 16.4. The molecule has 0 aromatic heterocycles. The second kappa shape index (κ2) is 8.65. The maximum atomic E-state index is 12.7. The molecule has 5 nitrogen and oxygen atoms in total. The fourth-order valence-corrected chi connectivity index (χ4v) is 2.24. The molecule has 0 bridgehead atoms. The van der Waals surface area contributed by atoms with Crippen LogP contribution in [0.5, 0.6) is 5.75 Å². The van der Waals surface area contributed by atoms with Crippen molar-refractivity contribution in [1.82, 2.24) is 4.90 Å². The Hall–Kier alpha value is -2.22. The van der Waals surface area contributed by atoms with E-state index in [1.54, 1.807) is 32.9 Å². The average Bonchev–Trinajstić information content (AvgIpc) is 2.51. The van der Waals surface area contributed by atoms with Crippen molar-refractivity contribution in [3.63, 3.8) is 0 Å². The molecule has 1 aromatic carbocycles. The van der Waals surface area contributed by atoms with Gasteiger partial charge in [0.15, 0.2) is 0 Å². The van der Waals surface area contributed by atoms with Crippen LogP contribution in [-0.4, -0.2) is 49.3 Å². The zero-order valence-electron chi connectivity index (χ0n) is 15.6. The summed E-state index contributed by atoms with van der Waals surface area (Å²) in [4.78, 5) is 24.3. The molecule has 0 N–H and O–H groups in total. The summed E-state index contributed by atoms with van der Waals surface area (Å²) in [5, 5.41) is 0.338. The lowest BCUT2D eigenvalue weighted by Crippen LogP contribution is -2.40. The van der Waals surface area contributed by atoms with E-state index in [4.69, 9.17) is 21.1 Å². The van der Waals surface area contributed by atoms with Gasteiger partial charge in [-0.3, -0.25) is 4.79 Å². The SMILES string of the molecule is COc1ccc(Cl)cc1C=C(CN(C)C(=O)C(F)(F)F)C(=O)OC(C)(C)C. The van der Waals surface area contributed by atoms with E-state index >= 15 is 0 Å². The smallest absolute Gasteiger partial charge is 0.471 e. The molecule has 9 heteroatoms. The number of esters is 1. The minimum atomic E-state index is -5.05. The molecule has 0 spiro atoms. The first-order valence-corrected chi connectivity index (χ1v) is 8.22. The van der Waals surface area contributed by atoms with Crippen LogP contribution in [0, 0.1) is 0 Å². The fraction of sp³-hybridized carbons (Fsp3) is 0.444. The quantitative estimate of drug-likeness (QED) is 0.545. The van der Waals surface area contributed by atoms with Gasteiger partial charge < -0.3 is 14.4 Å². The number of alkyl halides is 3. The molecule has 0 saturated carbocycles. The normalized spacial score (nSPS) is 12.6. The Kier molecular flexibility index (Phi) is 7.31. The average molecular weight is 408 g/mol. The molecule has 0 unspecified atom stereocenters. The molecular formula is C18H21ClF3NO4. The standard InChI is InChI=1S/C18H21ClF3NO4/c1-17(2,3)27-15(24)12(10-23(4)16(25)18(20,21)22)8-11-9-13(19)6-7-14(11)26-5/h6-9H,10H2,1-5H3. The predicted octanol–water partition coefficient (Wildman–Crippen LogP) is 4.09. The number of carbonyl (C=O) groups is 2. The number of carbonyl (C=O) groups excluding carboxylic acids is 2. The van der Waals surface area contributed by atoms with Crippen molar-refractivity contribution >= 4 is 29.6 Å². The lowest BCUT2D eigenvalue weighted by Gasteiger charge is -2.24. The van der Waals surface area contributed by atoms with E-state index < -0.39 is 30.2 Å². The summed E-state index contributed by atoms with van der Waals surface area (Å²) in [6, 6.07) is 4.59. The number of nitrogens with zero attached hydrogens (tertiary/aromatic N) is 1. The highest BCUT2D eigenvalue weighted by Crippen LogP contribution is 2.26. The van der Waals surface area contributed by atoms with Gasteiger partial charge in [0.2, 0.25) is 0 Å². The number of likely N-dealkylation sites (N-methyl/N-ethyl adjacent to an activating group) is 1. The van der Waals surface area contributed by atoms with Gasteiger partial charge in [0, 0.05) is 17.6 Å². The molecule has 1 aromatic rings. The first-order valence-electron chi connectivity index (χ1n) is 7.84. The van der Waals surface area contributed by atoms with E-state index in [2.05, 4.69) is 0 Å². The van der Waals surface area contributed by atoms with Crippen molar-refractivity contribution in [3.8, 4) is 5.75 Å². The predicted molar refractivity (Wildman–Crippen MR) is 95.5 cm³/mol. The largest absolute Gasteiger partial charge is 0.496 e. The van der Waals surface area contributed by atoms with Gasteiger partial charge >= 0.3 is 18.1 Å². The molecule has 27 heavy (non-hydrogen) atoms. The van der Waals surface area contributed by atoms with Crippen molar-refractivity contribution in [2.75, 3.05) is 20.7 Å². The lowest BCUT2D eigenvalue weighted by atomic mass is 10.1. The van der Waals surface area contributed by atoms with Crippen LogP contribution in [0.3, 0.4) is 0 Å². The molecule has 0 heterocycles. The highest BCUT2D eigenvalue weighted by Gasteiger charge is 2.41. The van der Waals surface area contributed by atoms with E-state index in [0.29, 0.717) is 21.2 Å². The molecule has 0 aliphatic heterocycles. The third-order valence-corrected chi connectivity index (χ3v) is 3.41. The third-order valence-electron chi connectivity index (χ3n) is 3.18. The maximum Gasteiger partial charge on any atom is 0.471 e. The Morgan fingerprint density at radius 2 is 1.81 bits per heavy atom. The highest BCUT2D eigenvalue weighted by molar-refractivity contribution is 6.30. The third kappa shape index (κ3) is 7.13. The fourth-order valence-electron chi connectivity index (χ4n) is 2.06. The van der Waals surface area contributed by atoms with Crippen LogP contribution in [0.15, 0.2) is 23.8 Å². The van der Waals surface area contributed by atoms with Crippen LogP contribution in [0.25, 0.3) is 6.08 Å². The highest BCUT2D eigenvalue weighted by atomic mass is 35.5. The lowest BCUT2D eigenvalue weighted by molar-refractivity contribution is -0.183. The van der Waals surface area contributed by atoms with E-state index in [1.807, 2.05) is 0 Å². The Balaban J connectivity index is 3.32. The van der Waals surface area contributed by atoms with E-state index in [0.717, 1.165) is 7.05 Å². The first-order chi connectivity index (χ1) is 12.2. The molecule has 1 amide bonds. The van der Waals surface area contributed by atoms with E-state index in [1.165, 1.54) is 19.3 Å². The topological polar surface area (TPSA) is 55.8 Å². The zero-order chi connectivity index (χ0) is 21.0. The molecule has 0 aliphatic carbocycles. The van der Waals surface area contributed by atoms with Gasteiger partial charge in [-0.25, -0.2) is 4.79 Å². The minimum Gasteiger partial charge on any atom is -0.496 e.